The van der Waals surface area contributed by atoms with Crippen LogP contribution in [-0.4, -0.2) is 61.6 Å². The van der Waals surface area contributed by atoms with Gasteiger partial charge in [-0.1, -0.05) is 10.3 Å². The molecule has 4 rings (SSSR count). The number of likely N-dealkylation sites (tertiary alicyclic amines) is 1. The minimum Gasteiger partial charge on any atom is -0.340 e. The van der Waals surface area contributed by atoms with Crippen molar-refractivity contribution in [2.45, 2.75) is 46.2 Å². The lowest BCUT2D eigenvalue weighted by Crippen LogP contribution is -2.41. The Labute approximate surface area is 181 Å². The summed E-state index contributed by atoms with van der Waals surface area (Å²) in [6.07, 6.45) is 4.04. The molecule has 31 heavy (non-hydrogen) atoms. The molecule has 0 unspecified atom stereocenters. The minimum atomic E-state index is 0.00254. The highest BCUT2D eigenvalue weighted by Crippen LogP contribution is 2.23. The fraction of sp³-hybridized carbons (Fsp3) is 0.500. The number of fused-ring (bicyclic) bond motifs is 1. The number of amides is 2. The number of imidazole rings is 1. The predicted molar refractivity (Wildman–Crippen MR) is 114 cm³/mol. The lowest BCUT2D eigenvalue weighted by Gasteiger charge is -2.33. The lowest BCUT2D eigenvalue weighted by molar-refractivity contribution is -0.131. The molecule has 3 aromatic rings. The Morgan fingerprint density at radius 3 is 2.87 bits per heavy atom. The topological polar surface area (TPSA) is 97.4 Å². The number of hydrogen-bond acceptors (Lipinski definition) is 6. The van der Waals surface area contributed by atoms with Gasteiger partial charge in [0.05, 0.1) is 23.9 Å². The minimum absolute atomic E-state index is 0.00254. The van der Waals surface area contributed by atoms with Crippen LogP contribution in [0.15, 0.2) is 29.2 Å². The zero-order chi connectivity index (χ0) is 22.0. The van der Waals surface area contributed by atoms with Crippen molar-refractivity contribution in [3.05, 3.63) is 41.5 Å². The van der Waals surface area contributed by atoms with Crippen LogP contribution in [0.25, 0.3) is 11.0 Å². The van der Waals surface area contributed by atoms with Crippen LogP contribution in [0, 0.1) is 12.8 Å². The molecule has 1 aliphatic rings. The molecule has 1 fully saturated rings. The number of benzene rings is 1. The zero-order valence-electron chi connectivity index (χ0n) is 18.2. The first-order valence-corrected chi connectivity index (χ1v) is 10.7. The van der Waals surface area contributed by atoms with E-state index in [2.05, 4.69) is 26.8 Å². The van der Waals surface area contributed by atoms with Crippen molar-refractivity contribution in [3.63, 3.8) is 0 Å². The number of nitrogens with zero attached hydrogens (tertiary/aromatic N) is 6. The summed E-state index contributed by atoms with van der Waals surface area (Å²) in [6, 6.07) is 5.69. The maximum Gasteiger partial charge on any atom is 0.253 e. The van der Waals surface area contributed by atoms with E-state index in [9.17, 15) is 9.59 Å². The number of aromatic nitrogens is 4. The molecule has 2 aromatic heterocycles. The summed E-state index contributed by atoms with van der Waals surface area (Å²) >= 11 is 0. The molecule has 9 heteroatoms. The molecule has 1 atom stereocenters. The summed E-state index contributed by atoms with van der Waals surface area (Å²) in [7, 11) is 1.76. The van der Waals surface area contributed by atoms with Gasteiger partial charge < -0.3 is 14.4 Å². The van der Waals surface area contributed by atoms with E-state index in [4.69, 9.17) is 4.63 Å². The molecule has 1 aromatic carbocycles. The third-order valence-corrected chi connectivity index (χ3v) is 6.04. The van der Waals surface area contributed by atoms with Crippen molar-refractivity contribution >= 4 is 22.8 Å². The maximum atomic E-state index is 13.1. The second-order valence-corrected chi connectivity index (χ2v) is 8.24. The Bertz CT molecular complexity index is 1090. The highest BCUT2D eigenvalue weighted by molar-refractivity contribution is 5.97. The second-order valence-electron chi connectivity index (χ2n) is 8.24. The van der Waals surface area contributed by atoms with Crippen molar-refractivity contribution < 1.29 is 14.2 Å². The van der Waals surface area contributed by atoms with E-state index in [0.29, 0.717) is 43.0 Å². The van der Waals surface area contributed by atoms with Crippen molar-refractivity contribution in [2.24, 2.45) is 5.92 Å². The van der Waals surface area contributed by atoms with Gasteiger partial charge in [-0.15, -0.1) is 0 Å². The van der Waals surface area contributed by atoms with Crippen molar-refractivity contribution in [3.8, 4) is 0 Å². The van der Waals surface area contributed by atoms with Crippen LogP contribution >= 0.6 is 0 Å². The molecule has 9 nitrogen and oxygen atoms in total. The molecule has 1 aliphatic heterocycles. The van der Waals surface area contributed by atoms with Crippen LogP contribution in [-0.2, 0) is 17.9 Å². The SMILES string of the molecule is CCn1cnc2cc(C(=O)N3CCC[C@H](CC(=O)N(C)Cc4nonc4C)C3)ccc21. The highest BCUT2D eigenvalue weighted by Gasteiger charge is 2.27. The fourth-order valence-electron chi connectivity index (χ4n) is 4.16. The quantitative estimate of drug-likeness (QED) is 0.603. The summed E-state index contributed by atoms with van der Waals surface area (Å²) in [6.45, 7) is 6.38. The zero-order valence-corrected chi connectivity index (χ0v) is 18.2. The number of hydrogen-bond donors (Lipinski definition) is 0. The smallest absolute Gasteiger partial charge is 0.253 e. The third kappa shape index (κ3) is 4.45. The van der Waals surface area contributed by atoms with Crippen molar-refractivity contribution in [1.82, 2.24) is 29.7 Å². The van der Waals surface area contributed by atoms with Gasteiger partial charge in [0.2, 0.25) is 5.91 Å². The van der Waals surface area contributed by atoms with E-state index in [1.165, 1.54) is 0 Å². The molecule has 0 saturated carbocycles. The van der Waals surface area contributed by atoms with Gasteiger partial charge in [-0.05, 0) is 50.8 Å². The van der Waals surface area contributed by atoms with Gasteiger partial charge in [-0.3, -0.25) is 9.59 Å². The van der Waals surface area contributed by atoms with Crippen LogP contribution in [0.4, 0.5) is 0 Å². The largest absolute Gasteiger partial charge is 0.340 e. The third-order valence-electron chi connectivity index (χ3n) is 6.04. The fourth-order valence-corrected chi connectivity index (χ4v) is 4.16. The average molecular weight is 425 g/mol. The van der Waals surface area contributed by atoms with Gasteiger partial charge in [0.25, 0.3) is 5.91 Å². The number of carbonyl (C=O) groups excluding carboxylic acids is 2. The summed E-state index contributed by atoms with van der Waals surface area (Å²) < 4.78 is 6.76. The molecule has 0 bridgehead atoms. The summed E-state index contributed by atoms with van der Waals surface area (Å²) in [4.78, 5) is 33.7. The molecule has 0 N–H and O–H groups in total. The maximum absolute atomic E-state index is 13.1. The van der Waals surface area contributed by atoms with Crippen molar-refractivity contribution in [2.75, 3.05) is 20.1 Å². The molecule has 2 amide bonds. The van der Waals surface area contributed by atoms with Gasteiger partial charge in [-0.2, -0.15) is 0 Å². The van der Waals surface area contributed by atoms with Crippen molar-refractivity contribution in [1.29, 1.82) is 0 Å². The van der Waals surface area contributed by atoms with Crippen LogP contribution < -0.4 is 0 Å². The van der Waals surface area contributed by atoms with E-state index in [1.807, 2.05) is 23.1 Å². The van der Waals surface area contributed by atoms with E-state index >= 15 is 0 Å². The standard InChI is InChI=1S/C22H28N6O3/c1-4-27-14-23-18-11-17(7-8-20(18)27)22(30)28-9-5-6-16(12-28)10-21(29)26(3)13-19-15(2)24-31-25-19/h7-8,11,14,16H,4-6,9-10,12-13H2,1-3H3/t16-/m1/s1. The first-order valence-electron chi connectivity index (χ1n) is 10.7. The molecule has 0 radical (unpaired) electrons. The number of carbonyl (C=O) groups is 2. The first kappa shape index (κ1) is 21.0. The molecule has 0 aliphatic carbocycles. The van der Waals surface area contributed by atoms with Gasteiger partial charge in [0, 0.05) is 38.7 Å². The Morgan fingerprint density at radius 1 is 1.29 bits per heavy atom. The van der Waals surface area contributed by atoms with Crippen LogP contribution in [0.5, 0.6) is 0 Å². The van der Waals surface area contributed by atoms with Crippen LogP contribution in [0.1, 0.15) is 47.9 Å². The number of rotatable bonds is 6. The molecular weight excluding hydrogens is 396 g/mol. The molecule has 0 spiro atoms. The monoisotopic (exact) mass is 424 g/mol. The molecule has 3 heterocycles. The Morgan fingerprint density at radius 2 is 2.13 bits per heavy atom. The predicted octanol–water partition coefficient (Wildman–Crippen LogP) is 2.65. The Kier molecular flexibility index (Phi) is 6.01. The van der Waals surface area contributed by atoms with Gasteiger partial charge >= 0.3 is 0 Å². The second kappa shape index (κ2) is 8.87. The number of piperidine rings is 1. The lowest BCUT2D eigenvalue weighted by atomic mass is 9.93. The Hall–Kier alpha value is -3.23. The normalized spacial score (nSPS) is 16.6. The average Bonchev–Trinajstić information content (AvgIpc) is 3.38. The molecule has 164 valence electrons. The molecule has 1 saturated heterocycles. The van der Waals surface area contributed by atoms with Gasteiger partial charge in [-0.25, -0.2) is 9.61 Å². The van der Waals surface area contributed by atoms with E-state index in [-0.39, 0.29) is 17.7 Å². The summed E-state index contributed by atoms with van der Waals surface area (Å²) in [5.74, 6) is 0.184. The summed E-state index contributed by atoms with van der Waals surface area (Å²) in [5, 5.41) is 7.60. The van der Waals surface area contributed by atoms with Gasteiger partial charge in [0.15, 0.2) is 0 Å². The Balaban J connectivity index is 1.38. The van der Waals surface area contributed by atoms with Crippen LogP contribution in [0.2, 0.25) is 0 Å². The molecular formula is C22H28N6O3. The number of aryl methyl sites for hydroxylation is 2. The highest BCUT2D eigenvalue weighted by atomic mass is 16.6. The van der Waals surface area contributed by atoms with E-state index in [0.717, 1.165) is 30.4 Å². The van der Waals surface area contributed by atoms with E-state index < -0.39 is 0 Å². The van der Waals surface area contributed by atoms with Gasteiger partial charge in [0.1, 0.15) is 11.4 Å². The van der Waals surface area contributed by atoms with Crippen LogP contribution in [0.3, 0.4) is 0 Å². The summed E-state index contributed by atoms with van der Waals surface area (Å²) in [5.41, 5.74) is 3.86. The van der Waals surface area contributed by atoms with E-state index in [1.54, 1.807) is 25.2 Å². The first-order chi connectivity index (χ1) is 15.0.